The van der Waals surface area contributed by atoms with Crippen LogP contribution in [0, 0.1) is 0 Å². The summed E-state index contributed by atoms with van der Waals surface area (Å²) in [5.74, 6) is 0.144. The number of amides is 1. The Morgan fingerprint density at radius 3 is 2.89 bits per heavy atom. The van der Waals surface area contributed by atoms with Gasteiger partial charge < -0.3 is 9.64 Å². The Morgan fingerprint density at radius 2 is 2.06 bits per heavy atom. The number of carbonyl (C=O) groups excluding carboxylic acids is 1. The molecule has 2 saturated heterocycles. The molecular formula is C14H18N2O2. The highest BCUT2D eigenvalue weighted by Crippen LogP contribution is 2.16. The molecule has 0 aromatic heterocycles. The van der Waals surface area contributed by atoms with Crippen LogP contribution in [0.1, 0.15) is 5.56 Å². The van der Waals surface area contributed by atoms with E-state index in [1.54, 1.807) is 0 Å². The molecule has 2 fully saturated rings. The van der Waals surface area contributed by atoms with Crippen LogP contribution in [0.3, 0.4) is 0 Å². The number of nitrogens with zero attached hydrogens (tertiary/aromatic N) is 2. The first-order valence-corrected chi connectivity index (χ1v) is 6.46. The van der Waals surface area contributed by atoms with Gasteiger partial charge in [-0.1, -0.05) is 30.3 Å². The van der Waals surface area contributed by atoms with Crippen LogP contribution in [0.5, 0.6) is 0 Å². The van der Waals surface area contributed by atoms with Crippen LogP contribution >= 0.6 is 0 Å². The monoisotopic (exact) mass is 246 g/mol. The molecule has 1 amide bonds. The highest BCUT2D eigenvalue weighted by molar-refractivity contribution is 5.78. The molecule has 4 nitrogen and oxygen atoms in total. The normalized spacial score (nSPS) is 25.0. The number of ether oxygens (including phenoxy) is 1. The summed E-state index contributed by atoms with van der Waals surface area (Å²) in [6.45, 7) is 4.60. The molecule has 1 aromatic carbocycles. The molecule has 0 unspecified atom stereocenters. The number of piperazine rings is 1. The van der Waals surface area contributed by atoms with Crippen molar-refractivity contribution in [2.75, 3.05) is 32.8 Å². The van der Waals surface area contributed by atoms with Gasteiger partial charge in [0.1, 0.15) is 6.61 Å². The largest absolute Gasteiger partial charge is 0.369 e. The van der Waals surface area contributed by atoms with Gasteiger partial charge in [-0.05, 0) is 5.56 Å². The number of carbonyl (C=O) groups is 1. The molecule has 2 heterocycles. The molecule has 0 saturated carbocycles. The summed E-state index contributed by atoms with van der Waals surface area (Å²) in [4.78, 5) is 16.1. The van der Waals surface area contributed by atoms with Gasteiger partial charge in [-0.3, -0.25) is 9.69 Å². The Morgan fingerprint density at radius 1 is 1.22 bits per heavy atom. The lowest BCUT2D eigenvalue weighted by atomic mass is 10.1. The molecule has 2 aliphatic heterocycles. The zero-order valence-corrected chi connectivity index (χ0v) is 10.4. The van der Waals surface area contributed by atoms with Crippen molar-refractivity contribution in [2.45, 2.75) is 12.6 Å². The average Bonchev–Trinajstić information content (AvgIpc) is 2.40. The predicted octanol–water partition coefficient (Wildman–Crippen LogP) is 0.730. The van der Waals surface area contributed by atoms with Crippen molar-refractivity contribution in [1.82, 2.24) is 9.80 Å². The van der Waals surface area contributed by atoms with Crippen molar-refractivity contribution in [1.29, 1.82) is 0 Å². The fourth-order valence-corrected chi connectivity index (χ4v) is 2.74. The summed E-state index contributed by atoms with van der Waals surface area (Å²) in [5.41, 5.74) is 1.33. The Labute approximate surface area is 107 Å². The molecule has 3 rings (SSSR count). The van der Waals surface area contributed by atoms with Gasteiger partial charge in [0, 0.05) is 26.2 Å². The SMILES string of the molecule is O=C1COC[C@@H]2CN(Cc3ccccc3)CCN12. The third kappa shape index (κ3) is 2.40. The minimum Gasteiger partial charge on any atom is -0.369 e. The van der Waals surface area contributed by atoms with E-state index >= 15 is 0 Å². The molecule has 96 valence electrons. The Kier molecular flexibility index (Phi) is 3.30. The second kappa shape index (κ2) is 5.08. The van der Waals surface area contributed by atoms with Crippen molar-refractivity contribution in [3.63, 3.8) is 0 Å². The van der Waals surface area contributed by atoms with E-state index in [0.717, 1.165) is 26.2 Å². The van der Waals surface area contributed by atoms with Gasteiger partial charge in [0.15, 0.2) is 0 Å². The van der Waals surface area contributed by atoms with Crippen molar-refractivity contribution in [3.8, 4) is 0 Å². The number of hydrogen-bond acceptors (Lipinski definition) is 3. The molecule has 0 spiro atoms. The molecule has 0 N–H and O–H groups in total. The summed E-state index contributed by atoms with van der Waals surface area (Å²) in [7, 11) is 0. The first-order valence-electron chi connectivity index (χ1n) is 6.46. The topological polar surface area (TPSA) is 32.8 Å². The fraction of sp³-hybridized carbons (Fsp3) is 0.500. The third-order valence-corrected chi connectivity index (χ3v) is 3.67. The van der Waals surface area contributed by atoms with E-state index in [0.29, 0.717) is 6.61 Å². The molecule has 1 atom stereocenters. The van der Waals surface area contributed by atoms with Crippen LogP contribution in [0.15, 0.2) is 30.3 Å². The van der Waals surface area contributed by atoms with Gasteiger partial charge >= 0.3 is 0 Å². The lowest BCUT2D eigenvalue weighted by Crippen LogP contribution is -2.59. The predicted molar refractivity (Wildman–Crippen MR) is 68.0 cm³/mol. The van der Waals surface area contributed by atoms with E-state index in [4.69, 9.17) is 4.74 Å². The maximum Gasteiger partial charge on any atom is 0.248 e. The first kappa shape index (κ1) is 11.7. The Bertz CT molecular complexity index is 421. The van der Waals surface area contributed by atoms with Crippen molar-refractivity contribution in [2.24, 2.45) is 0 Å². The summed E-state index contributed by atoms with van der Waals surface area (Å²) < 4.78 is 5.33. The zero-order valence-electron chi connectivity index (χ0n) is 10.4. The van der Waals surface area contributed by atoms with Crippen LogP contribution in [0.4, 0.5) is 0 Å². The lowest BCUT2D eigenvalue weighted by molar-refractivity contribution is -0.152. The third-order valence-electron chi connectivity index (χ3n) is 3.67. The van der Waals surface area contributed by atoms with Gasteiger partial charge in [0.2, 0.25) is 5.91 Å². The van der Waals surface area contributed by atoms with Crippen LogP contribution in [0.2, 0.25) is 0 Å². The average molecular weight is 246 g/mol. The van der Waals surface area contributed by atoms with Crippen molar-refractivity contribution < 1.29 is 9.53 Å². The Hall–Kier alpha value is -1.39. The lowest BCUT2D eigenvalue weighted by Gasteiger charge is -2.43. The van der Waals surface area contributed by atoms with E-state index in [9.17, 15) is 4.79 Å². The second-order valence-corrected chi connectivity index (χ2v) is 4.98. The molecule has 0 radical (unpaired) electrons. The molecule has 4 heteroatoms. The highest BCUT2D eigenvalue weighted by atomic mass is 16.5. The van der Waals surface area contributed by atoms with Gasteiger partial charge in [-0.2, -0.15) is 0 Å². The number of fused-ring (bicyclic) bond motifs is 1. The molecular weight excluding hydrogens is 228 g/mol. The summed E-state index contributed by atoms with van der Waals surface area (Å²) in [5, 5.41) is 0. The van der Waals surface area contributed by atoms with E-state index in [1.165, 1.54) is 5.56 Å². The van der Waals surface area contributed by atoms with Crippen LogP contribution in [-0.4, -0.2) is 54.6 Å². The molecule has 18 heavy (non-hydrogen) atoms. The summed E-state index contributed by atoms with van der Waals surface area (Å²) in [6, 6.07) is 10.7. The van der Waals surface area contributed by atoms with E-state index in [-0.39, 0.29) is 18.6 Å². The molecule has 0 bridgehead atoms. The quantitative estimate of drug-likeness (QED) is 0.771. The smallest absolute Gasteiger partial charge is 0.248 e. The highest BCUT2D eigenvalue weighted by Gasteiger charge is 2.33. The first-order chi connectivity index (χ1) is 8.83. The maximum absolute atomic E-state index is 11.7. The van der Waals surface area contributed by atoms with Crippen molar-refractivity contribution >= 4 is 5.91 Å². The van der Waals surface area contributed by atoms with Crippen LogP contribution < -0.4 is 0 Å². The van der Waals surface area contributed by atoms with E-state index in [1.807, 2.05) is 11.0 Å². The van der Waals surface area contributed by atoms with Gasteiger partial charge in [0.05, 0.1) is 12.6 Å². The van der Waals surface area contributed by atoms with Gasteiger partial charge in [0.25, 0.3) is 0 Å². The van der Waals surface area contributed by atoms with Gasteiger partial charge in [-0.15, -0.1) is 0 Å². The number of hydrogen-bond donors (Lipinski definition) is 0. The minimum absolute atomic E-state index is 0.144. The molecule has 1 aromatic rings. The Balaban J connectivity index is 1.62. The van der Waals surface area contributed by atoms with Crippen LogP contribution in [0.25, 0.3) is 0 Å². The standard InChI is InChI=1S/C14H18N2O2/c17-14-11-18-10-13-9-15(6-7-16(13)14)8-12-4-2-1-3-5-12/h1-5,13H,6-11H2/t13-/m0/s1. The second-order valence-electron chi connectivity index (χ2n) is 4.98. The molecule has 0 aliphatic carbocycles. The van der Waals surface area contributed by atoms with Crippen LogP contribution in [-0.2, 0) is 16.1 Å². The van der Waals surface area contributed by atoms with Gasteiger partial charge in [-0.25, -0.2) is 0 Å². The minimum atomic E-state index is 0.144. The van der Waals surface area contributed by atoms with E-state index in [2.05, 4.69) is 29.2 Å². The van der Waals surface area contributed by atoms with Crippen molar-refractivity contribution in [3.05, 3.63) is 35.9 Å². The van der Waals surface area contributed by atoms with E-state index < -0.39 is 0 Å². The summed E-state index contributed by atoms with van der Waals surface area (Å²) >= 11 is 0. The zero-order chi connectivity index (χ0) is 12.4. The maximum atomic E-state index is 11.7. The number of rotatable bonds is 2. The number of benzene rings is 1. The molecule has 2 aliphatic rings. The number of morpholine rings is 1. The fourth-order valence-electron chi connectivity index (χ4n) is 2.74. The summed E-state index contributed by atoms with van der Waals surface area (Å²) in [6.07, 6.45) is 0.